The van der Waals surface area contributed by atoms with Gasteiger partial charge in [-0.3, -0.25) is 0 Å². The molecule has 0 fully saturated rings. The minimum absolute atomic E-state index is 0.489. The predicted octanol–water partition coefficient (Wildman–Crippen LogP) is 4.49. The summed E-state index contributed by atoms with van der Waals surface area (Å²) in [5.41, 5.74) is 0.841. The van der Waals surface area contributed by atoms with E-state index in [0.29, 0.717) is 5.75 Å². The second-order valence-electron chi connectivity index (χ2n) is 5.20. The predicted molar refractivity (Wildman–Crippen MR) is 82.5 cm³/mol. The van der Waals surface area contributed by atoms with Crippen molar-refractivity contribution >= 4 is 0 Å². The SMILES string of the molecule is CCCCCCCCOc1ccc(C(C)O)cc1OC. The number of aliphatic hydroxyl groups excluding tert-OH is 1. The van der Waals surface area contributed by atoms with Gasteiger partial charge in [0.1, 0.15) is 0 Å². The number of hydrogen-bond donors (Lipinski definition) is 1. The van der Waals surface area contributed by atoms with Crippen LogP contribution < -0.4 is 9.47 Å². The molecule has 3 nitrogen and oxygen atoms in total. The number of hydrogen-bond acceptors (Lipinski definition) is 3. The Labute approximate surface area is 122 Å². The molecule has 0 heterocycles. The second kappa shape index (κ2) is 9.65. The number of rotatable bonds is 10. The van der Waals surface area contributed by atoms with Crippen LogP contribution in [0.4, 0.5) is 0 Å². The van der Waals surface area contributed by atoms with Crippen LogP contribution in [0.2, 0.25) is 0 Å². The van der Waals surface area contributed by atoms with Crippen LogP contribution in [0.25, 0.3) is 0 Å². The van der Waals surface area contributed by atoms with Gasteiger partial charge in [0, 0.05) is 0 Å². The molecule has 0 saturated carbocycles. The van der Waals surface area contributed by atoms with Crippen LogP contribution >= 0.6 is 0 Å². The minimum Gasteiger partial charge on any atom is -0.493 e. The van der Waals surface area contributed by atoms with E-state index in [-0.39, 0.29) is 0 Å². The third kappa shape index (κ3) is 5.83. The van der Waals surface area contributed by atoms with Gasteiger partial charge in [-0.25, -0.2) is 0 Å². The zero-order chi connectivity index (χ0) is 14.8. The molecule has 0 bridgehead atoms. The van der Waals surface area contributed by atoms with Gasteiger partial charge in [0.25, 0.3) is 0 Å². The zero-order valence-corrected chi connectivity index (χ0v) is 13.0. The van der Waals surface area contributed by atoms with E-state index in [2.05, 4.69) is 6.92 Å². The maximum Gasteiger partial charge on any atom is 0.161 e. The van der Waals surface area contributed by atoms with Crippen molar-refractivity contribution in [3.63, 3.8) is 0 Å². The lowest BCUT2D eigenvalue weighted by Gasteiger charge is -2.13. The lowest BCUT2D eigenvalue weighted by molar-refractivity contribution is 0.198. The summed E-state index contributed by atoms with van der Waals surface area (Å²) in [6.45, 7) is 4.69. The first kappa shape index (κ1) is 16.8. The highest BCUT2D eigenvalue weighted by molar-refractivity contribution is 5.43. The largest absolute Gasteiger partial charge is 0.493 e. The normalized spacial score (nSPS) is 12.2. The van der Waals surface area contributed by atoms with Gasteiger partial charge in [-0.05, 0) is 31.0 Å². The topological polar surface area (TPSA) is 38.7 Å². The third-order valence-electron chi connectivity index (χ3n) is 3.43. The van der Waals surface area contributed by atoms with Crippen molar-refractivity contribution in [2.45, 2.75) is 58.5 Å². The molecule has 1 unspecified atom stereocenters. The van der Waals surface area contributed by atoms with Crippen molar-refractivity contribution in [2.75, 3.05) is 13.7 Å². The molecule has 1 N–H and O–H groups in total. The van der Waals surface area contributed by atoms with Crippen molar-refractivity contribution in [2.24, 2.45) is 0 Å². The minimum atomic E-state index is -0.489. The number of ether oxygens (including phenoxy) is 2. The van der Waals surface area contributed by atoms with E-state index in [1.165, 1.54) is 32.1 Å². The number of benzene rings is 1. The van der Waals surface area contributed by atoms with E-state index in [4.69, 9.17) is 9.47 Å². The molecule has 0 aliphatic rings. The molecule has 0 spiro atoms. The molecule has 3 heteroatoms. The smallest absolute Gasteiger partial charge is 0.161 e. The van der Waals surface area contributed by atoms with Crippen LogP contribution in [0, 0.1) is 0 Å². The molecule has 0 aliphatic carbocycles. The standard InChI is InChI=1S/C17H28O3/c1-4-5-6-7-8-9-12-20-16-11-10-15(14(2)18)13-17(16)19-3/h10-11,13-14,18H,4-9,12H2,1-3H3. The van der Waals surface area contributed by atoms with E-state index in [1.54, 1.807) is 14.0 Å². The Morgan fingerprint density at radius 3 is 2.40 bits per heavy atom. The van der Waals surface area contributed by atoms with Crippen LogP contribution in [0.5, 0.6) is 11.5 Å². The summed E-state index contributed by atoms with van der Waals surface area (Å²) >= 11 is 0. The average molecular weight is 280 g/mol. The lowest BCUT2D eigenvalue weighted by atomic mass is 10.1. The highest BCUT2D eigenvalue weighted by Gasteiger charge is 2.08. The molecule has 1 rings (SSSR count). The molecule has 0 radical (unpaired) electrons. The number of methoxy groups -OCH3 is 1. The molecule has 0 amide bonds. The zero-order valence-electron chi connectivity index (χ0n) is 13.0. The van der Waals surface area contributed by atoms with Crippen LogP contribution in [-0.4, -0.2) is 18.8 Å². The molecule has 1 aromatic rings. The van der Waals surface area contributed by atoms with Crippen molar-refractivity contribution in [1.82, 2.24) is 0 Å². The fourth-order valence-electron chi connectivity index (χ4n) is 2.13. The highest BCUT2D eigenvalue weighted by Crippen LogP contribution is 2.30. The van der Waals surface area contributed by atoms with Gasteiger partial charge in [-0.2, -0.15) is 0 Å². The molecular formula is C17H28O3. The Balaban J connectivity index is 2.36. The maximum atomic E-state index is 9.56. The molecule has 1 atom stereocenters. The van der Waals surface area contributed by atoms with Crippen LogP contribution in [0.15, 0.2) is 18.2 Å². The quantitative estimate of drug-likeness (QED) is 0.642. The first-order chi connectivity index (χ1) is 9.69. The Morgan fingerprint density at radius 1 is 1.05 bits per heavy atom. The average Bonchev–Trinajstić information content (AvgIpc) is 2.46. The fraction of sp³-hybridized carbons (Fsp3) is 0.647. The number of unbranched alkanes of at least 4 members (excludes halogenated alkanes) is 5. The fourth-order valence-corrected chi connectivity index (χ4v) is 2.13. The summed E-state index contributed by atoms with van der Waals surface area (Å²) in [6.07, 6.45) is 7.02. The lowest BCUT2D eigenvalue weighted by Crippen LogP contribution is -2.01. The van der Waals surface area contributed by atoms with Gasteiger partial charge in [-0.1, -0.05) is 45.1 Å². The van der Waals surface area contributed by atoms with E-state index < -0.39 is 6.10 Å². The summed E-state index contributed by atoms with van der Waals surface area (Å²) in [5.74, 6) is 1.44. The van der Waals surface area contributed by atoms with Crippen LogP contribution in [0.1, 0.15) is 64.0 Å². The number of aliphatic hydroxyl groups is 1. The molecule has 0 aliphatic heterocycles. The molecule has 0 aromatic heterocycles. The van der Waals surface area contributed by atoms with Gasteiger partial charge in [0.05, 0.1) is 19.8 Å². The monoisotopic (exact) mass is 280 g/mol. The Morgan fingerprint density at radius 2 is 1.75 bits per heavy atom. The van der Waals surface area contributed by atoms with E-state index in [9.17, 15) is 5.11 Å². The highest BCUT2D eigenvalue weighted by atomic mass is 16.5. The van der Waals surface area contributed by atoms with Crippen molar-refractivity contribution in [1.29, 1.82) is 0 Å². The summed E-state index contributed by atoms with van der Waals surface area (Å²) < 4.78 is 11.1. The maximum absolute atomic E-state index is 9.56. The van der Waals surface area contributed by atoms with Crippen molar-refractivity contribution in [3.8, 4) is 11.5 Å². The summed E-state index contributed by atoms with van der Waals surface area (Å²) in [6, 6.07) is 5.59. The summed E-state index contributed by atoms with van der Waals surface area (Å²) in [4.78, 5) is 0. The first-order valence-corrected chi connectivity index (χ1v) is 7.67. The van der Waals surface area contributed by atoms with Gasteiger partial charge < -0.3 is 14.6 Å². The summed E-state index contributed by atoms with van der Waals surface area (Å²) in [5, 5.41) is 9.56. The summed E-state index contributed by atoms with van der Waals surface area (Å²) in [7, 11) is 1.62. The van der Waals surface area contributed by atoms with Gasteiger partial charge in [-0.15, -0.1) is 0 Å². The Kier molecular flexibility index (Phi) is 8.12. The van der Waals surface area contributed by atoms with Crippen LogP contribution in [-0.2, 0) is 0 Å². The second-order valence-corrected chi connectivity index (χ2v) is 5.20. The third-order valence-corrected chi connectivity index (χ3v) is 3.43. The Hall–Kier alpha value is -1.22. The molecule has 114 valence electrons. The van der Waals surface area contributed by atoms with E-state index in [1.807, 2.05) is 18.2 Å². The first-order valence-electron chi connectivity index (χ1n) is 7.67. The van der Waals surface area contributed by atoms with Gasteiger partial charge >= 0.3 is 0 Å². The molecule has 20 heavy (non-hydrogen) atoms. The molecule has 0 saturated heterocycles. The van der Waals surface area contributed by atoms with Gasteiger partial charge in [0.15, 0.2) is 11.5 Å². The Bertz CT molecular complexity index is 374. The molecular weight excluding hydrogens is 252 g/mol. The van der Waals surface area contributed by atoms with E-state index >= 15 is 0 Å². The van der Waals surface area contributed by atoms with E-state index in [0.717, 1.165) is 24.3 Å². The molecule has 1 aromatic carbocycles. The van der Waals surface area contributed by atoms with Crippen LogP contribution in [0.3, 0.4) is 0 Å². The van der Waals surface area contributed by atoms with Gasteiger partial charge in [0.2, 0.25) is 0 Å². The van der Waals surface area contributed by atoms with Crippen molar-refractivity contribution < 1.29 is 14.6 Å². The van der Waals surface area contributed by atoms with Crippen molar-refractivity contribution in [3.05, 3.63) is 23.8 Å².